The summed E-state index contributed by atoms with van der Waals surface area (Å²) >= 11 is 1.18. The van der Waals surface area contributed by atoms with Gasteiger partial charge in [-0.25, -0.2) is 13.1 Å². The molecule has 0 heterocycles. The summed E-state index contributed by atoms with van der Waals surface area (Å²) in [6.07, 6.45) is 0. The van der Waals surface area contributed by atoms with E-state index in [1.165, 1.54) is 23.9 Å². The van der Waals surface area contributed by atoms with Crippen LogP contribution < -0.4 is 9.46 Å². The van der Waals surface area contributed by atoms with Crippen molar-refractivity contribution in [1.82, 2.24) is 4.72 Å². The summed E-state index contributed by atoms with van der Waals surface area (Å²) in [7, 11) is -2.24. The molecular weight excluding hydrogens is 364 g/mol. The number of ether oxygens (including phenoxy) is 1. The quantitative estimate of drug-likeness (QED) is 0.582. The highest BCUT2D eigenvalue weighted by atomic mass is 32.2. The normalized spacial score (nSPS) is 11.5. The molecule has 0 saturated heterocycles. The number of methoxy groups -OCH3 is 1. The van der Waals surface area contributed by atoms with Gasteiger partial charge in [0, 0.05) is 17.0 Å². The molecule has 0 amide bonds. The molecule has 25 heavy (non-hydrogen) atoms. The Balaban J connectivity index is 2.37. The van der Waals surface area contributed by atoms with Crippen molar-refractivity contribution in [3.05, 3.63) is 52.6 Å². The number of benzene rings is 2. The van der Waals surface area contributed by atoms with Crippen molar-refractivity contribution in [3.8, 4) is 5.75 Å². The van der Waals surface area contributed by atoms with E-state index in [-0.39, 0.29) is 16.6 Å². The standard InChI is InChI=1S/C16H18N2O5S2/c1-11(2)17-25(21,22)14-8-9-16(15(10-14)18(19)20)24-13-6-4-12(23-3)5-7-13/h4-11,17H,1-3H3. The molecular formula is C16H18N2O5S2. The van der Waals surface area contributed by atoms with Gasteiger partial charge in [0.25, 0.3) is 5.69 Å². The molecule has 0 aliphatic heterocycles. The maximum Gasteiger partial charge on any atom is 0.284 e. The lowest BCUT2D eigenvalue weighted by Crippen LogP contribution is -2.30. The lowest BCUT2D eigenvalue weighted by atomic mass is 10.3. The van der Waals surface area contributed by atoms with Gasteiger partial charge in [0.05, 0.1) is 21.8 Å². The summed E-state index contributed by atoms with van der Waals surface area (Å²) in [6.45, 7) is 3.36. The van der Waals surface area contributed by atoms with Crippen molar-refractivity contribution < 1.29 is 18.1 Å². The van der Waals surface area contributed by atoms with Crippen LogP contribution in [0.5, 0.6) is 5.75 Å². The van der Waals surface area contributed by atoms with E-state index in [0.717, 1.165) is 11.0 Å². The number of nitrogens with one attached hydrogen (secondary N) is 1. The third kappa shape index (κ3) is 4.94. The predicted octanol–water partition coefficient (Wildman–Crippen LogP) is 3.44. The third-order valence-electron chi connectivity index (χ3n) is 3.12. The van der Waals surface area contributed by atoms with Crippen LogP contribution in [0.3, 0.4) is 0 Å². The summed E-state index contributed by atoms with van der Waals surface area (Å²) in [5.41, 5.74) is -0.257. The Bertz CT molecular complexity index is 865. The Hall–Kier alpha value is -2.10. The summed E-state index contributed by atoms with van der Waals surface area (Å²) < 4.78 is 31.9. The van der Waals surface area contributed by atoms with Gasteiger partial charge >= 0.3 is 0 Å². The molecule has 9 heteroatoms. The zero-order valence-corrected chi connectivity index (χ0v) is 15.6. The molecule has 134 valence electrons. The first kappa shape index (κ1) is 19.2. The zero-order valence-electron chi connectivity index (χ0n) is 13.9. The second-order valence-electron chi connectivity index (χ2n) is 5.44. The molecule has 2 aromatic rings. The molecule has 0 fully saturated rings. The van der Waals surface area contributed by atoms with Gasteiger partial charge in [0.2, 0.25) is 10.0 Å². The molecule has 0 aromatic heterocycles. The second kappa shape index (κ2) is 7.85. The highest BCUT2D eigenvalue weighted by Gasteiger charge is 2.22. The number of hydrogen-bond donors (Lipinski definition) is 1. The zero-order chi connectivity index (χ0) is 18.6. The Morgan fingerprint density at radius 2 is 1.80 bits per heavy atom. The Kier molecular flexibility index (Phi) is 6.04. The van der Waals surface area contributed by atoms with Gasteiger partial charge in [-0.1, -0.05) is 11.8 Å². The maximum atomic E-state index is 12.2. The van der Waals surface area contributed by atoms with Crippen molar-refractivity contribution >= 4 is 27.5 Å². The van der Waals surface area contributed by atoms with E-state index in [2.05, 4.69) is 4.72 Å². The highest BCUT2D eigenvalue weighted by molar-refractivity contribution is 7.99. The topological polar surface area (TPSA) is 98.5 Å². The largest absolute Gasteiger partial charge is 0.497 e. The van der Waals surface area contributed by atoms with E-state index in [0.29, 0.717) is 10.6 Å². The van der Waals surface area contributed by atoms with E-state index in [1.54, 1.807) is 45.2 Å². The molecule has 0 bridgehead atoms. The molecule has 0 saturated carbocycles. The number of hydrogen-bond acceptors (Lipinski definition) is 6. The predicted molar refractivity (Wildman–Crippen MR) is 95.7 cm³/mol. The fourth-order valence-corrected chi connectivity index (χ4v) is 4.21. The summed E-state index contributed by atoms with van der Waals surface area (Å²) in [5, 5.41) is 11.4. The molecule has 1 N–H and O–H groups in total. The average molecular weight is 382 g/mol. The summed E-state index contributed by atoms with van der Waals surface area (Å²) in [6, 6.07) is 10.6. The van der Waals surface area contributed by atoms with Gasteiger partial charge in [-0.3, -0.25) is 10.1 Å². The lowest BCUT2D eigenvalue weighted by Gasteiger charge is -2.10. The van der Waals surface area contributed by atoms with Crippen LogP contribution in [0, 0.1) is 10.1 Å². The van der Waals surface area contributed by atoms with E-state index >= 15 is 0 Å². The van der Waals surface area contributed by atoms with E-state index < -0.39 is 14.9 Å². The number of sulfonamides is 1. The monoisotopic (exact) mass is 382 g/mol. The Morgan fingerprint density at radius 1 is 1.16 bits per heavy atom. The van der Waals surface area contributed by atoms with Crippen LogP contribution in [0.4, 0.5) is 5.69 Å². The molecule has 7 nitrogen and oxygen atoms in total. The van der Waals surface area contributed by atoms with Gasteiger partial charge in [0.1, 0.15) is 5.75 Å². The van der Waals surface area contributed by atoms with Crippen LogP contribution in [0.2, 0.25) is 0 Å². The van der Waals surface area contributed by atoms with E-state index in [1.807, 2.05) is 0 Å². The summed E-state index contributed by atoms with van der Waals surface area (Å²) in [5.74, 6) is 0.681. The van der Waals surface area contributed by atoms with Gasteiger partial charge in [0.15, 0.2) is 0 Å². The van der Waals surface area contributed by atoms with Crippen LogP contribution in [-0.4, -0.2) is 26.5 Å². The number of nitrogens with zero attached hydrogens (tertiary/aromatic N) is 1. The highest BCUT2D eigenvalue weighted by Crippen LogP contribution is 2.36. The van der Waals surface area contributed by atoms with Crippen LogP contribution in [0.1, 0.15) is 13.8 Å². The van der Waals surface area contributed by atoms with E-state index in [9.17, 15) is 18.5 Å². The minimum atomic E-state index is -3.79. The van der Waals surface area contributed by atoms with Crippen molar-refractivity contribution in [2.24, 2.45) is 0 Å². The molecule has 2 rings (SSSR count). The minimum Gasteiger partial charge on any atom is -0.497 e. The van der Waals surface area contributed by atoms with Gasteiger partial charge < -0.3 is 4.74 Å². The van der Waals surface area contributed by atoms with Crippen LogP contribution in [0.15, 0.2) is 57.2 Å². The Labute approximate surface area is 150 Å². The number of nitro benzene ring substituents is 1. The smallest absolute Gasteiger partial charge is 0.284 e. The van der Waals surface area contributed by atoms with Crippen molar-refractivity contribution in [2.75, 3.05) is 7.11 Å². The Morgan fingerprint density at radius 3 is 2.32 bits per heavy atom. The fourth-order valence-electron chi connectivity index (χ4n) is 2.04. The second-order valence-corrected chi connectivity index (χ2v) is 8.27. The first-order valence-electron chi connectivity index (χ1n) is 7.35. The number of rotatable bonds is 7. The van der Waals surface area contributed by atoms with Gasteiger partial charge in [-0.15, -0.1) is 0 Å². The van der Waals surface area contributed by atoms with Gasteiger partial charge in [-0.05, 0) is 50.2 Å². The molecule has 0 aliphatic rings. The molecule has 0 atom stereocenters. The summed E-state index contributed by atoms with van der Waals surface area (Å²) in [4.78, 5) is 11.8. The fraction of sp³-hybridized carbons (Fsp3) is 0.250. The van der Waals surface area contributed by atoms with Crippen LogP contribution in [-0.2, 0) is 10.0 Å². The molecule has 0 spiro atoms. The third-order valence-corrected chi connectivity index (χ3v) is 5.84. The van der Waals surface area contributed by atoms with E-state index in [4.69, 9.17) is 4.74 Å². The first-order chi connectivity index (χ1) is 11.7. The van der Waals surface area contributed by atoms with Crippen molar-refractivity contribution in [2.45, 2.75) is 34.6 Å². The molecule has 0 radical (unpaired) electrons. The van der Waals surface area contributed by atoms with Crippen molar-refractivity contribution in [3.63, 3.8) is 0 Å². The maximum absolute atomic E-state index is 12.2. The van der Waals surface area contributed by atoms with Gasteiger partial charge in [-0.2, -0.15) is 0 Å². The lowest BCUT2D eigenvalue weighted by molar-refractivity contribution is -0.388. The molecule has 2 aromatic carbocycles. The molecule has 0 aliphatic carbocycles. The first-order valence-corrected chi connectivity index (χ1v) is 9.65. The van der Waals surface area contributed by atoms with Crippen LogP contribution >= 0.6 is 11.8 Å². The SMILES string of the molecule is COc1ccc(Sc2ccc(S(=O)(=O)NC(C)C)cc2[N+](=O)[O-])cc1. The average Bonchev–Trinajstić information content (AvgIpc) is 2.54. The number of nitro groups is 1. The van der Waals surface area contributed by atoms with Crippen LogP contribution in [0.25, 0.3) is 0 Å². The minimum absolute atomic E-state index is 0.132. The molecule has 0 unspecified atom stereocenters. The van der Waals surface area contributed by atoms with Crippen molar-refractivity contribution in [1.29, 1.82) is 0 Å².